The molecule has 0 heterocycles. The zero-order valence-corrected chi connectivity index (χ0v) is 18.4. The monoisotopic (exact) mass is 463 g/mol. The minimum absolute atomic E-state index is 0.00186. The Hall–Kier alpha value is -4.17. The summed E-state index contributed by atoms with van der Waals surface area (Å²) in [7, 11) is 0. The highest BCUT2D eigenvalue weighted by atomic mass is 16.6. The molecule has 0 aromatic heterocycles. The first-order chi connectivity index (χ1) is 16.6. The Balaban J connectivity index is 1.50. The largest absolute Gasteiger partial charge is 0.488 e. The molecule has 0 aliphatic carbocycles. The predicted octanol–water partition coefficient (Wildman–Crippen LogP) is 3.28. The number of carbonyl (C=O) groups excluding carboxylic acids is 3. The second-order valence-corrected chi connectivity index (χ2v) is 7.24. The van der Waals surface area contributed by atoms with Gasteiger partial charge in [0.15, 0.2) is 12.6 Å². The second-order valence-electron chi connectivity index (χ2n) is 7.24. The number of alkyl carbamates (subject to hydrolysis) is 1. The van der Waals surface area contributed by atoms with E-state index in [9.17, 15) is 19.5 Å². The molecule has 0 fully saturated rings. The van der Waals surface area contributed by atoms with Gasteiger partial charge in [0.05, 0.1) is 12.2 Å². The molecule has 0 saturated carbocycles. The summed E-state index contributed by atoms with van der Waals surface area (Å²) in [5.41, 5.74) is 1.95. The van der Waals surface area contributed by atoms with Gasteiger partial charge in [-0.15, -0.1) is 0 Å². The number of benzene rings is 3. The summed E-state index contributed by atoms with van der Waals surface area (Å²) in [6.45, 7) is -1.03. The summed E-state index contributed by atoms with van der Waals surface area (Å²) in [6.07, 6.45) is -0.897. The topological polar surface area (TPSA) is 111 Å². The summed E-state index contributed by atoms with van der Waals surface area (Å²) in [5.74, 6) is -1.09. The lowest BCUT2D eigenvalue weighted by Gasteiger charge is -2.16. The number of esters is 1. The Morgan fingerprint density at radius 3 is 2.00 bits per heavy atom. The van der Waals surface area contributed by atoms with Gasteiger partial charge in [-0.3, -0.25) is 4.79 Å². The molecular weight excluding hydrogens is 438 g/mol. The van der Waals surface area contributed by atoms with E-state index in [-0.39, 0.29) is 18.8 Å². The summed E-state index contributed by atoms with van der Waals surface area (Å²) in [5, 5.41) is 11.7. The van der Waals surface area contributed by atoms with Crippen LogP contribution in [0.1, 0.15) is 21.5 Å². The molecule has 0 saturated heterocycles. The molecule has 3 aromatic rings. The number of rotatable bonds is 11. The van der Waals surface area contributed by atoms with Gasteiger partial charge in [-0.2, -0.15) is 0 Å². The molecule has 0 unspecified atom stereocenters. The van der Waals surface area contributed by atoms with Crippen molar-refractivity contribution in [2.75, 3.05) is 13.2 Å². The number of ether oxygens (including phenoxy) is 3. The smallest absolute Gasteiger partial charge is 0.408 e. The van der Waals surface area contributed by atoms with Crippen molar-refractivity contribution >= 4 is 17.8 Å². The Morgan fingerprint density at radius 1 is 0.765 bits per heavy atom. The minimum atomic E-state index is -1.37. The molecule has 0 aliphatic rings. The van der Waals surface area contributed by atoms with Gasteiger partial charge < -0.3 is 24.6 Å². The number of aliphatic hydroxyl groups excluding tert-OH is 1. The second kappa shape index (κ2) is 12.8. The van der Waals surface area contributed by atoms with Crippen LogP contribution in [0.4, 0.5) is 4.79 Å². The van der Waals surface area contributed by atoms with Crippen molar-refractivity contribution in [2.45, 2.75) is 19.3 Å². The average molecular weight is 463 g/mol. The van der Waals surface area contributed by atoms with Gasteiger partial charge >= 0.3 is 12.1 Å². The van der Waals surface area contributed by atoms with E-state index in [1.807, 2.05) is 36.4 Å². The Bertz CT molecular complexity index is 1090. The summed E-state index contributed by atoms with van der Waals surface area (Å²) >= 11 is 0. The number of amides is 1. The van der Waals surface area contributed by atoms with Crippen molar-refractivity contribution in [3.8, 4) is 5.75 Å². The molecular formula is C26H25NO7. The first kappa shape index (κ1) is 24.5. The molecule has 3 aromatic carbocycles. The van der Waals surface area contributed by atoms with Crippen LogP contribution in [0.3, 0.4) is 0 Å². The van der Waals surface area contributed by atoms with E-state index >= 15 is 0 Å². The first-order valence-electron chi connectivity index (χ1n) is 10.6. The van der Waals surface area contributed by atoms with E-state index < -0.39 is 37.1 Å². The molecule has 0 spiro atoms. The van der Waals surface area contributed by atoms with Gasteiger partial charge in [-0.1, -0.05) is 72.8 Å². The lowest BCUT2D eigenvalue weighted by atomic mass is 10.1. The molecule has 0 aliphatic heterocycles. The third kappa shape index (κ3) is 7.46. The van der Waals surface area contributed by atoms with Crippen LogP contribution in [-0.2, 0) is 27.5 Å². The van der Waals surface area contributed by atoms with E-state index in [1.165, 1.54) is 0 Å². The van der Waals surface area contributed by atoms with Crippen LogP contribution in [0.2, 0.25) is 0 Å². The fraction of sp³-hybridized carbons (Fsp3) is 0.192. The quantitative estimate of drug-likeness (QED) is 0.332. The molecule has 1 amide bonds. The molecule has 8 heteroatoms. The number of hydrogen-bond donors (Lipinski definition) is 2. The molecule has 1 atom stereocenters. The summed E-state index contributed by atoms with van der Waals surface area (Å²) in [6, 6.07) is 23.7. The average Bonchev–Trinajstić information content (AvgIpc) is 2.89. The van der Waals surface area contributed by atoms with Gasteiger partial charge in [-0.25, -0.2) is 9.59 Å². The van der Waals surface area contributed by atoms with Crippen LogP contribution < -0.4 is 10.1 Å². The third-order valence-electron chi connectivity index (χ3n) is 4.74. The summed E-state index contributed by atoms with van der Waals surface area (Å²) < 4.78 is 15.8. The van der Waals surface area contributed by atoms with Gasteiger partial charge in [0.2, 0.25) is 5.78 Å². The predicted molar refractivity (Wildman–Crippen MR) is 123 cm³/mol. The van der Waals surface area contributed by atoms with Crippen LogP contribution in [0, 0.1) is 0 Å². The SMILES string of the molecule is O=C(N[C@@H](CO)C(=O)OCC(=O)c1ccccc1OCc1ccccc1)OCc1ccccc1. The van der Waals surface area contributed by atoms with Gasteiger partial charge in [0, 0.05) is 0 Å². The Labute approximate surface area is 197 Å². The highest BCUT2D eigenvalue weighted by Crippen LogP contribution is 2.20. The van der Waals surface area contributed by atoms with Crippen LogP contribution in [-0.4, -0.2) is 42.2 Å². The highest BCUT2D eigenvalue weighted by molar-refractivity contribution is 6.00. The van der Waals surface area contributed by atoms with Crippen LogP contribution in [0.25, 0.3) is 0 Å². The maximum Gasteiger partial charge on any atom is 0.408 e. The number of Topliss-reactive ketones (excluding diaryl/α,β-unsaturated/α-hetero) is 1. The van der Waals surface area contributed by atoms with Crippen molar-refractivity contribution < 1.29 is 33.7 Å². The van der Waals surface area contributed by atoms with Crippen LogP contribution in [0.5, 0.6) is 5.75 Å². The molecule has 2 N–H and O–H groups in total. The number of para-hydroxylation sites is 1. The van der Waals surface area contributed by atoms with Crippen molar-refractivity contribution in [3.63, 3.8) is 0 Å². The minimum Gasteiger partial charge on any atom is -0.488 e. The zero-order valence-electron chi connectivity index (χ0n) is 18.4. The molecule has 8 nitrogen and oxygen atoms in total. The van der Waals surface area contributed by atoms with Crippen molar-refractivity contribution in [1.29, 1.82) is 0 Å². The third-order valence-corrected chi connectivity index (χ3v) is 4.74. The molecule has 3 rings (SSSR count). The van der Waals surface area contributed by atoms with Crippen LogP contribution >= 0.6 is 0 Å². The molecule has 0 bridgehead atoms. The lowest BCUT2D eigenvalue weighted by Crippen LogP contribution is -2.45. The number of carbonyl (C=O) groups is 3. The van der Waals surface area contributed by atoms with Crippen LogP contribution in [0.15, 0.2) is 84.9 Å². The van der Waals surface area contributed by atoms with E-state index in [0.29, 0.717) is 5.75 Å². The lowest BCUT2D eigenvalue weighted by molar-refractivity contribution is -0.145. The fourth-order valence-electron chi connectivity index (χ4n) is 2.96. The van der Waals surface area contributed by atoms with Gasteiger partial charge in [0.1, 0.15) is 19.0 Å². The number of hydrogen-bond acceptors (Lipinski definition) is 7. The molecule has 176 valence electrons. The normalized spacial score (nSPS) is 11.2. The summed E-state index contributed by atoms with van der Waals surface area (Å²) in [4.78, 5) is 36.9. The standard InChI is InChI=1S/C26H25NO7/c28-15-22(27-26(31)34-17-20-11-5-2-6-12-20)25(30)33-18-23(29)21-13-7-8-14-24(21)32-16-19-9-3-1-4-10-19/h1-14,22,28H,15-18H2,(H,27,31)/t22-/m0/s1. The maximum absolute atomic E-state index is 12.6. The van der Waals surface area contributed by atoms with Crippen molar-refractivity contribution in [1.82, 2.24) is 5.32 Å². The van der Waals surface area contributed by atoms with Crippen molar-refractivity contribution in [2.24, 2.45) is 0 Å². The highest BCUT2D eigenvalue weighted by Gasteiger charge is 2.24. The van der Waals surface area contributed by atoms with E-state index in [2.05, 4.69) is 5.32 Å². The Kier molecular flexibility index (Phi) is 9.19. The van der Waals surface area contributed by atoms with Gasteiger partial charge in [-0.05, 0) is 23.3 Å². The fourth-order valence-corrected chi connectivity index (χ4v) is 2.96. The Morgan fingerprint density at radius 2 is 1.35 bits per heavy atom. The van der Waals surface area contributed by atoms with E-state index in [4.69, 9.17) is 14.2 Å². The maximum atomic E-state index is 12.6. The van der Waals surface area contributed by atoms with Crippen molar-refractivity contribution in [3.05, 3.63) is 102 Å². The number of ketones is 1. The first-order valence-corrected chi connectivity index (χ1v) is 10.6. The molecule has 0 radical (unpaired) electrons. The number of nitrogens with one attached hydrogen (secondary N) is 1. The zero-order chi connectivity index (χ0) is 24.2. The van der Waals surface area contributed by atoms with Gasteiger partial charge in [0.25, 0.3) is 0 Å². The number of aliphatic hydroxyl groups is 1. The van der Waals surface area contributed by atoms with E-state index in [1.54, 1.807) is 48.5 Å². The van der Waals surface area contributed by atoms with E-state index in [0.717, 1.165) is 11.1 Å². The molecule has 34 heavy (non-hydrogen) atoms.